The summed E-state index contributed by atoms with van der Waals surface area (Å²) in [5.41, 5.74) is 0.848. The molecule has 0 aliphatic rings. The number of hydrogen-bond donors (Lipinski definition) is 0. The molecule has 0 unspecified atom stereocenters. The van der Waals surface area contributed by atoms with Crippen molar-refractivity contribution >= 4 is 17.7 Å². The second-order valence-electron chi connectivity index (χ2n) is 4.04. The van der Waals surface area contributed by atoms with Gasteiger partial charge in [0.2, 0.25) is 11.7 Å². The second kappa shape index (κ2) is 7.68. The van der Waals surface area contributed by atoms with Crippen molar-refractivity contribution in [3.8, 4) is 17.1 Å². The van der Waals surface area contributed by atoms with Crippen LogP contribution in [0.5, 0.6) is 5.75 Å². The summed E-state index contributed by atoms with van der Waals surface area (Å²) in [4.78, 5) is 15.5. The molecule has 21 heavy (non-hydrogen) atoms. The van der Waals surface area contributed by atoms with Gasteiger partial charge in [0.25, 0.3) is 0 Å². The van der Waals surface area contributed by atoms with Crippen LogP contribution < -0.4 is 4.74 Å². The SMILES string of the molecule is CCOC(=O)CSCc1nc(-c2ccc(OC)cc2)no1. The molecule has 6 nitrogen and oxygen atoms in total. The molecule has 0 aliphatic carbocycles. The summed E-state index contributed by atoms with van der Waals surface area (Å²) in [5.74, 6) is 2.28. The number of nitrogens with zero attached hydrogens (tertiary/aromatic N) is 2. The van der Waals surface area contributed by atoms with Gasteiger partial charge in [-0.05, 0) is 31.2 Å². The number of carbonyl (C=O) groups excluding carboxylic acids is 1. The molecule has 1 aromatic carbocycles. The van der Waals surface area contributed by atoms with Crippen LogP contribution in [0.15, 0.2) is 28.8 Å². The molecule has 0 saturated heterocycles. The number of carbonyl (C=O) groups is 1. The zero-order chi connectivity index (χ0) is 15.1. The Kier molecular flexibility index (Phi) is 5.62. The number of hydrogen-bond acceptors (Lipinski definition) is 7. The Morgan fingerprint density at radius 2 is 2.10 bits per heavy atom. The summed E-state index contributed by atoms with van der Waals surface area (Å²) >= 11 is 1.38. The predicted octanol–water partition coefficient (Wildman–Crippen LogP) is 2.54. The molecule has 0 N–H and O–H groups in total. The highest BCUT2D eigenvalue weighted by Gasteiger charge is 2.10. The minimum absolute atomic E-state index is 0.239. The largest absolute Gasteiger partial charge is 0.497 e. The molecule has 1 heterocycles. The molecule has 7 heteroatoms. The molecule has 0 atom stereocenters. The molecule has 2 rings (SSSR count). The van der Waals surface area contributed by atoms with E-state index >= 15 is 0 Å². The third-order valence-corrected chi connectivity index (χ3v) is 3.46. The Morgan fingerprint density at radius 1 is 1.33 bits per heavy atom. The van der Waals surface area contributed by atoms with Crippen molar-refractivity contribution in [2.45, 2.75) is 12.7 Å². The molecule has 1 aromatic heterocycles. The van der Waals surface area contributed by atoms with Gasteiger partial charge in [-0.2, -0.15) is 4.98 Å². The van der Waals surface area contributed by atoms with Gasteiger partial charge in [0.15, 0.2) is 0 Å². The number of esters is 1. The first-order valence-electron chi connectivity index (χ1n) is 6.43. The highest BCUT2D eigenvalue weighted by molar-refractivity contribution is 7.99. The van der Waals surface area contributed by atoms with Crippen molar-refractivity contribution in [2.24, 2.45) is 0 Å². The lowest BCUT2D eigenvalue weighted by Gasteiger charge is -1.99. The quantitative estimate of drug-likeness (QED) is 0.728. The van der Waals surface area contributed by atoms with Crippen LogP contribution in [0, 0.1) is 0 Å². The highest BCUT2D eigenvalue weighted by Crippen LogP contribution is 2.21. The number of thioether (sulfide) groups is 1. The van der Waals surface area contributed by atoms with E-state index in [2.05, 4.69) is 10.1 Å². The van der Waals surface area contributed by atoms with Crippen molar-refractivity contribution in [3.05, 3.63) is 30.2 Å². The first kappa shape index (κ1) is 15.4. The Bertz CT molecular complexity index is 583. The Balaban J connectivity index is 1.90. The van der Waals surface area contributed by atoms with E-state index in [1.807, 2.05) is 24.3 Å². The minimum atomic E-state index is -0.239. The van der Waals surface area contributed by atoms with Gasteiger partial charge in [-0.1, -0.05) is 5.16 Å². The third kappa shape index (κ3) is 4.49. The average Bonchev–Trinajstić information content (AvgIpc) is 2.96. The lowest BCUT2D eigenvalue weighted by Crippen LogP contribution is -2.06. The van der Waals surface area contributed by atoms with Crippen molar-refractivity contribution in [3.63, 3.8) is 0 Å². The molecule has 0 fully saturated rings. The molecule has 112 valence electrons. The van der Waals surface area contributed by atoms with Gasteiger partial charge in [0.1, 0.15) is 5.75 Å². The topological polar surface area (TPSA) is 74.5 Å². The maximum absolute atomic E-state index is 11.2. The van der Waals surface area contributed by atoms with Crippen LogP contribution in [-0.4, -0.2) is 35.6 Å². The van der Waals surface area contributed by atoms with Crippen LogP contribution in [0.4, 0.5) is 0 Å². The Morgan fingerprint density at radius 3 is 2.76 bits per heavy atom. The fourth-order valence-corrected chi connectivity index (χ4v) is 2.24. The van der Waals surface area contributed by atoms with E-state index in [1.54, 1.807) is 14.0 Å². The summed E-state index contributed by atoms with van der Waals surface area (Å²) in [6, 6.07) is 7.39. The first-order valence-corrected chi connectivity index (χ1v) is 7.58. The molecule has 0 bridgehead atoms. The fraction of sp³-hybridized carbons (Fsp3) is 0.357. The number of methoxy groups -OCH3 is 1. The summed E-state index contributed by atoms with van der Waals surface area (Å²) in [7, 11) is 1.61. The zero-order valence-corrected chi connectivity index (χ0v) is 12.7. The molecule has 2 aromatic rings. The van der Waals surface area contributed by atoms with Gasteiger partial charge < -0.3 is 14.0 Å². The first-order chi connectivity index (χ1) is 10.2. The van der Waals surface area contributed by atoms with E-state index in [0.29, 0.717) is 24.1 Å². The van der Waals surface area contributed by atoms with Gasteiger partial charge in [0.05, 0.1) is 25.2 Å². The van der Waals surface area contributed by atoms with Crippen molar-refractivity contribution in [2.75, 3.05) is 19.5 Å². The monoisotopic (exact) mass is 308 g/mol. The molecular weight excluding hydrogens is 292 g/mol. The molecule has 0 spiro atoms. The van der Waals surface area contributed by atoms with E-state index in [4.69, 9.17) is 14.0 Å². The third-order valence-electron chi connectivity index (χ3n) is 2.57. The predicted molar refractivity (Wildman–Crippen MR) is 79.1 cm³/mol. The van der Waals surface area contributed by atoms with E-state index in [-0.39, 0.29) is 11.7 Å². The smallest absolute Gasteiger partial charge is 0.315 e. The Hall–Kier alpha value is -2.02. The van der Waals surface area contributed by atoms with Crippen LogP contribution in [0.25, 0.3) is 11.4 Å². The number of aromatic nitrogens is 2. The zero-order valence-electron chi connectivity index (χ0n) is 11.9. The van der Waals surface area contributed by atoms with Gasteiger partial charge >= 0.3 is 5.97 Å². The van der Waals surface area contributed by atoms with Crippen LogP contribution >= 0.6 is 11.8 Å². The van der Waals surface area contributed by atoms with Gasteiger partial charge in [-0.15, -0.1) is 11.8 Å². The lowest BCUT2D eigenvalue weighted by molar-refractivity contribution is -0.139. The highest BCUT2D eigenvalue weighted by atomic mass is 32.2. The minimum Gasteiger partial charge on any atom is -0.497 e. The van der Waals surface area contributed by atoms with E-state index in [1.165, 1.54) is 11.8 Å². The van der Waals surface area contributed by atoms with Crippen LogP contribution in [0.3, 0.4) is 0 Å². The van der Waals surface area contributed by atoms with Gasteiger partial charge in [-0.25, -0.2) is 0 Å². The average molecular weight is 308 g/mol. The Labute approximate surface area is 126 Å². The number of ether oxygens (including phenoxy) is 2. The lowest BCUT2D eigenvalue weighted by atomic mass is 10.2. The number of benzene rings is 1. The normalized spacial score (nSPS) is 10.4. The van der Waals surface area contributed by atoms with E-state index in [0.717, 1.165) is 11.3 Å². The van der Waals surface area contributed by atoms with E-state index < -0.39 is 0 Å². The van der Waals surface area contributed by atoms with Crippen molar-refractivity contribution in [1.82, 2.24) is 10.1 Å². The molecule has 0 amide bonds. The molecule has 0 radical (unpaired) electrons. The number of rotatable bonds is 7. The molecule has 0 saturated carbocycles. The van der Waals surface area contributed by atoms with Crippen LogP contribution in [0.2, 0.25) is 0 Å². The summed E-state index contributed by atoms with van der Waals surface area (Å²) < 4.78 is 15.1. The van der Waals surface area contributed by atoms with Crippen LogP contribution in [-0.2, 0) is 15.3 Å². The van der Waals surface area contributed by atoms with Crippen LogP contribution in [0.1, 0.15) is 12.8 Å². The van der Waals surface area contributed by atoms with Crippen molar-refractivity contribution in [1.29, 1.82) is 0 Å². The summed E-state index contributed by atoms with van der Waals surface area (Å²) in [6.45, 7) is 2.17. The molecular formula is C14H16N2O4S. The summed E-state index contributed by atoms with van der Waals surface area (Å²) in [5, 5.41) is 3.92. The molecule has 0 aliphatic heterocycles. The second-order valence-corrected chi connectivity index (χ2v) is 5.02. The maximum atomic E-state index is 11.2. The standard InChI is InChI=1S/C14H16N2O4S/c1-3-19-13(17)9-21-8-12-15-14(16-20-12)10-4-6-11(18-2)7-5-10/h4-7H,3,8-9H2,1-2H3. The summed E-state index contributed by atoms with van der Waals surface area (Å²) in [6.07, 6.45) is 0. The fourth-order valence-electron chi connectivity index (χ4n) is 1.60. The van der Waals surface area contributed by atoms with Gasteiger partial charge in [0, 0.05) is 5.56 Å². The van der Waals surface area contributed by atoms with E-state index in [9.17, 15) is 4.79 Å². The van der Waals surface area contributed by atoms with Gasteiger partial charge in [-0.3, -0.25) is 4.79 Å². The maximum Gasteiger partial charge on any atom is 0.315 e. The van der Waals surface area contributed by atoms with Crippen molar-refractivity contribution < 1.29 is 18.8 Å².